The summed E-state index contributed by atoms with van der Waals surface area (Å²) in [5, 5.41) is 12.6. The maximum absolute atomic E-state index is 6.02. The van der Waals surface area contributed by atoms with Crippen LogP contribution in [0.2, 0.25) is 5.02 Å². The smallest absolute Gasteiger partial charge is 0.176 e. The largest absolute Gasteiger partial charge is 0.382 e. The molecule has 0 bridgehead atoms. The third-order valence-corrected chi connectivity index (χ3v) is 2.64. The molecule has 15 heavy (non-hydrogen) atoms. The number of aromatic nitrogens is 4. The van der Waals surface area contributed by atoms with Crippen molar-refractivity contribution in [2.45, 2.75) is 13.8 Å². The summed E-state index contributed by atoms with van der Waals surface area (Å²) in [6.45, 7) is 3.72. The number of aryl methyl sites for hydroxylation is 1. The van der Waals surface area contributed by atoms with Gasteiger partial charge in [0.15, 0.2) is 5.82 Å². The molecular weight excluding hydrogens is 214 g/mol. The Morgan fingerprint density at radius 2 is 2.00 bits per heavy atom. The average molecular weight is 224 g/mol. The monoisotopic (exact) mass is 223 g/mol. The summed E-state index contributed by atoms with van der Waals surface area (Å²) in [6.07, 6.45) is 0. The highest BCUT2D eigenvalue weighted by Gasteiger charge is 2.11. The van der Waals surface area contributed by atoms with Gasteiger partial charge in [0.05, 0.1) is 16.4 Å². The van der Waals surface area contributed by atoms with Crippen LogP contribution in [0.3, 0.4) is 0 Å². The van der Waals surface area contributed by atoms with Crippen molar-refractivity contribution in [1.82, 2.24) is 20.0 Å². The van der Waals surface area contributed by atoms with Gasteiger partial charge in [-0.2, -0.15) is 5.10 Å². The number of nitrogens with zero attached hydrogens (tertiary/aromatic N) is 4. The van der Waals surface area contributed by atoms with Gasteiger partial charge in [-0.15, -0.1) is 10.2 Å². The Balaban J connectivity index is 2.54. The molecule has 0 unspecified atom stereocenters. The van der Waals surface area contributed by atoms with Crippen LogP contribution in [0, 0.1) is 13.8 Å². The lowest BCUT2D eigenvalue weighted by Gasteiger charge is -2.01. The van der Waals surface area contributed by atoms with Crippen LogP contribution in [0.5, 0.6) is 0 Å². The summed E-state index contributed by atoms with van der Waals surface area (Å²) in [6, 6.07) is 3.42. The van der Waals surface area contributed by atoms with Crippen LogP contribution in [0.15, 0.2) is 12.1 Å². The van der Waals surface area contributed by atoms with Gasteiger partial charge in [-0.1, -0.05) is 11.6 Å². The molecule has 0 aromatic carbocycles. The second-order valence-corrected chi connectivity index (χ2v) is 3.59. The SMILES string of the molecule is Cc1nn(-c2ccc(N)nn2)c(C)c1Cl. The van der Waals surface area contributed by atoms with E-state index in [1.165, 1.54) is 0 Å². The highest BCUT2D eigenvalue weighted by atomic mass is 35.5. The third-order valence-electron chi connectivity index (χ3n) is 2.09. The van der Waals surface area contributed by atoms with Crippen LogP contribution in [-0.4, -0.2) is 20.0 Å². The molecule has 2 aromatic heterocycles. The quantitative estimate of drug-likeness (QED) is 0.796. The Morgan fingerprint density at radius 3 is 2.47 bits per heavy atom. The molecule has 78 valence electrons. The normalized spacial score (nSPS) is 10.6. The summed E-state index contributed by atoms with van der Waals surface area (Å²) in [7, 11) is 0. The molecule has 0 aliphatic carbocycles. The van der Waals surface area contributed by atoms with Crippen molar-refractivity contribution in [3.63, 3.8) is 0 Å². The maximum atomic E-state index is 6.02. The Labute approximate surface area is 91.9 Å². The van der Waals surface area contributed by atoms with Gasteiger partial charge < -0.3 is 5.73 Å². The second kappa shape index (κ2) is 3.51. The predicted molar refractivity (Wildman–Crippen MR) is 58.1 cm³/mol. The molecule has 6 heteroatoms. The van der Waals surface area contributed by atoms with Gasteiger partial charge in [-0.3, -0.25) is 0 Å². The van der Waals surface area contributed by atoms with Gasteiger partial charge in [-0.25, -0.2) is 4.68 Å². The number of halogens is 1. The highest BCUT2D eigenvalue weighted by Crippen LogP contribution is 2.21. The second-order valence-electron chi connectivity index (χ2n) is 3.21. The number of hydrogen-bond acceptors (Lipinski definition) is 4. The van der Waals surface area contributed by atoms with Crippen molar-refractivity contribution in [2.24, 2.45) is 0 Å². The summed E-state index contributed by atoms with van der Waals surface area (Å²) in [4.78, 5) is 0. The van der Waals surface area contributed by atoms with Gasteiger partial charge in [0, 0.05) is 0 Å². The van der Waals surface area contributed by atoms with E-state index in [1.54, 1.807) is 16.8 Å². The Bertz CT molecular complexity index is 488. The third kappa shape index (κ3) is 1.66. The lowest BCUT2D eigenvalue weighted by atomic mass is 10.4. The van der Waals surface area contributed by atoms with Crippen molar-refractivity contribution >= 4 is 17.4 Å². The molecule has 0 spiro atoms. The molecule has 2 rings (SSSR count). The zero-order valence-corrected chi connectivity index (χ0v) is 9.15. The Hall–Kier alpha value is -1.62. The summed E-state index contributed by atoms with van der Waals surface area (Å²) in [5.41, 5.74) is 7.06. The fourth-order valence-corrected chi connectivity index (χ4v) is 1.41. The summed E-state index contributed by atoms with van der Waals surface area (Å²) in [5.74, 6) is 0.989. The standard InChI is InChI=1S/C9H10ClN5/c1-5-9(10)6(2)15(14-5)8-4-3-7(11)12-13-8/h3-4H,1-2H3,(H2,11,12). The first-order valence-electron chi connectivity index (χ1n) is 4.41. The molecule has 0 atom stereocenters. The lowest BCUT2D eigenvalue weighted by Crippen LogP contribution is -2.04. The first-order chi connectivity index (χ1) is 7.09. The first-order valence-corrected chi connectivity index (χ1v) is 4.78. The molecule has 0 amide bonds. The van der Waals surface area contributed by atoms with E-state index in [9.17, 15) is 0 Å². The zero-order valence-electron chi connectivity index (χ0n) is 8.40. The van der Waals surface area contributed by atoms with Crippen LogP contribution in [-0.2, 0) is 0 Å². The number of anilines is 1. The minimum atomic E-state index is 0.381. The lowest BCUT2D eigenvalue weighted by molar-refractivity contribution is 0.783. The van der Waals surface area contributed by atoms with Crippen molar-refractivity contribution in [1.29, 1.82) is 0 Å². The van der Waals surface area contributed by atoms with E-state index in [1.807, 2.05) is 13.8 Å². The van der Waals surface area contributed by atoms with E-state index in [0.29, 0.717) is 16.7 Å². The minimum Gasteiger partial charge on any atom is -0.382 e. The van der Waals surface area contributed by atoms with Gasteiger partial charge in [0.1, 0.15) is 5.82 Å². The predicted octanol–water partition coefficient (Wildman–Crippen LogP) is 1.51. The van der Waals surface area contributed by atoms with Crippen LogP contribution in [0.1, 0.15) is 11.4 Å². The minimum absolute atomic E-state index is 0.381. The van der Waals surface area contributed by atoms with Crippen LogP contribution in [0.4, 0.5) is 5.82 Å². The average Bonchev–Trinajstić information content (AvgIpc) is 2.47. The molecule has 5 nitrogen and oxygen atoms in total. The molecule has 2 aromatic rings. The zero-order chi connectivity index (χ0) is 11.0. The van der Waals surface area contributed by atoms with Crippen LogP contribution >= 0.6 is 11.6 Å². The topological polar surface area (TPSA) is 69.6 Å². The molecule has 2 N–H and O–H groups in total. The van der Waals surface area contributed by atoms with E-state index in [0.717, 1.165) is 11.4 Å². The van der Waals surface area contributed by atoms with E-state index in [2.05, 4.69) is 15.3 Å². The van der Waals surface area contributed by atoms with E-state index in [4.69, 9.17) is 17.3 Å². The molecule has 0 fully saturated rings. The number of rotatable bonds is 1. The van der Waals surface area contributed by atoms with Crippen molar-refractivity contribution in [3.05, 3.63) is 28.5 Å². The van der Waals surface area contributed by atoms with Gasteiger partial charge in [-0.05, 0) is 26.0 Å². The number of hydrogen-bond donors (Lipinski definition) is 1. The summed E-state index contributed by atoms with van der Waals surface area (Å²) >= 11 is 6.02. The fraction of sp³-hybridized carbons (Fsp3) is 0.222. The van der Waals surface area contributed by atoms with E-state index in [-0.39, 0.29) is 0 Å². The van der Waals surface area contributed by atoms with Crippen molar-refractivity contribution < 1.29 is 0 Å². The molecule has 2 heterocycles. The maximum Gasteiger partial charge on any atom is 0.176 e. The Kier molecular flexibility index (Phi) is 2.32. The van der Waals surface area contributed by atoms with Gasteiger partial charge in [0.25, 0.3) is 0 Å². The number of nitrogens with two attached hydrogens (primary N) is 1. The molecule has 0 saturated carbocycles. The molecular formula is C9H10ClN5. The van der Waals surface area contributed by atoms with Crippen LogP contribution < -0.4 is 5.73 Å². The number of nitrogen functional groups attached to an aromatic ring is 1. The van der Waals surface area contributed by atoms with Crippen molar-refractivity contribution in [3.8, 4) is 5.82 Å². The van der Waals surface area contributed by atoms with E-state index < -0.39 is 0 Å². The molecule has 0 radical (unpaired) electrons. The molecule has 0 aliphatic rings. The molecule has 0 saturated heterocycles. The van der Waals surface area contributed by atoms with E-state index >= 15 is 0 Å². The first kappa shape index (κ1) is 9.92. The highest BCUT2D eigenvalue weighted by molar-refractivity contribution is 6.31. The van der Waals surface area contributed by atoms with Crippen LogP contribution in [0.25, 0.3) is 5.82 Å². The Morgan fingerprint density at radius 1 is 1.27 bits per heavy atom. The van der Waals surface area contributed by atoms with Gasteiger partial charge >= 0.3 is 0 Å². The fourth-order valence-electron chi connectivity index (χ4n) is 1.30. The van der Waals surface area contributed by atoms with Gasteiger partial charge in [0.2, 0.25) is 0 Å². The summed E-state index contributed by atoms with van der Waals surface area (Å²) < 4.78 is 1.64. The van der Waals surface area contributed by atoms with Crippen molar-refractivity contribution in [2.75, 3.05) is 5.73 Å². The molecule has 0 aliphatic heterocycles.